The molecule has 0 saturated heterocycles. The molecule has 22 heavy (non-hydrogen) atoms. The molecule has 0 bridgehead atoms. The van der Waals surface area contributed by atoms with Crippen molar-refractivity contribution >= 4 is 23.5 Å². The lowest BCUT2D eigenvalue weighted by Crippen LogP contribution is -2.27. The van der Waals surface area contributed by atoms with Crippen molar-refractivity contribution in [3.05, 3.63) is 36.1 Å². The molecule has 0 radical (unpaired) electrons. The van der Waals surface area contributed by atoms with Crippen molar-refractivity contribution < 1.29 is 29.0 Å². The van der Waals surface area contributed by atoms with Crippen molar-refractivity contribution in [1.29, 1.82) is 0 Å². The van der Waals surface area contributed by atoms with Gasteiger partial charge in [0.05, 0.1) is 19.6 Å². The van der Waals surface area contributed by atoms with E-state index in [4.69, 9.17) is 14.6 Å². The highest BCUT2D eigenvalue weighted by atomic mass is 16.5. The Morgan fingerprint density at radius 1 is 1.23 bits per heavy atom. The van der Waals surface area contributed by atoms with Crippen molar-refractivity contribution in [2.24, 2.45) is 0 Å². The van der Waals surface area contributed by atoms with Crippen molar-refractivity contribution in [2.75, 3.05) is 19.1 Å². The van der Waals surface area contributed by atoms with Crippen LogP contribution in [-0.4, -0.2) is 37.1 Å². The maximum atomic E-state index is 12.1. The highest BCUT2D eigenvalue weighted by Crippen LogP contribution is 2.19. The molecule has 7 heteroatoms. The van der Waals surface area contributed by atoms with Gasteiger partial charge in [0.15, 0.2) is 0 Å². The van der Waals surface area contributed by atoms with Gasteiger partial charge in [-0.1, -0.05) is 0 Å². The number of carbonyl (C=O) groups excluding carboxylic acids is 2. The summed E-state index contributed by atoms with van der Waals surface area (Å²) in [5, 5.41) is 8.72. The van der Waals surface area contributed by atoms with Gasteiger partial charge in [-0.15, -0.1) is 0 Å². The predicted molar refractivity (Wildman–Crippen MR) is 78.5 cm³/mol. The summed E-state index contributed by atoms with van der Waals surface area (Å²) >= 11 is 0. The molecule has 0 unspecified atom stereocenters. The van der Waals surface area contributed by atoms with Crippen LogP contribution in [0.3, 0.4) is 0 Å². The van der Waals surface area contributed by atoms with Gasteiger partial charge in [0, 0.05) is 19.7 Å². The summed E-state index contributed by atoms with van der Waals surface area (Å²) in [5.74, 6) is -1.97. The Labute approximate surface area is 127 Å². The lowest BCUT2D eigenvalue weighted by molar-refractivity contribution is -0.137. The summed E-state index contributed by atoms with van der Waals surface area (Å²) in [7, 11) is 3.07. The predicted octanol–water partition coefficient (Wildman–Crippen LogP) is 1.58. The second-order valence-corrected chi connectivity index (χ2v) is 4.37. The van der Waals surface area contributed by atoms with E-state index in [1.54, 1.807) is 24.3 Å². The highest BCUT2D eigenvalue weighted by Gasteiger charge is 2.16. The van der Waals surface area contributed by atoms with Crippen molar-refractivity contribution in [1.82, 2.24) is 0 Å². The smallest absolute Gasteiger partial charge is 0.331 e. The van der Waals surface area contributed by atoms with Crippen LogP contribution in [0.5, 0.6) is 5.75 Å². The molecule has 0 atom stereocenters. The fourth-order valence-electron chi connectivity index (χ4n) is 1.66. The molecule has 0 fully saturated rings. The topological polar surface area (TPSA) is 93.1 Å². The average molecular weight is 307 g/mol. The molecule has 0 aromatic heterocycles. The van der Waals surface area contributed by atoms with Gasteiger partial charge < -0.3 is 19.5 Å². The SMILES string of the molecule is COc1ccc(N(C)C(=O)CC(=CC(=O)O)OC(C)=O)cc1. The summed E-state index contributed by atoms with van der Waals surface area (Å²) in [6.45, 7) is 1.13. The van der Waals surface area contributed by atoms with E-state index in [9.17, 15) is 14.4 Å². The van der Waals surface area contributed by atoms with Crippen molar-refractivity contribution in [3.63, 3.8) is 0 Å². The first kappa shape index (κ1) is 17.2. The Morgan fingerprint density at radius 2 is 1.82 bits per heavy atom. The van der Waals surface area contributed by atoms with Gasteiger partial charge in [0.1, 0.15) is 11.5 Å². The van der Waals surface area contributed by atoms with E-state index in [0.717, 1.165) is 6.92 Å². The van der Waals surface area contributed by atoms with Crippen LogP contribution in [0, 0.1) is 0 Å². The zero-order valence-electron chi connectivity index (χ0n) is 12.5. The van der Waals surface area contributed by atoms with Crippen molar-refractivity contribution in [3.8, 4) is 5.75 Å². The zero-order valence-corrected chi connectivity index (χ0v) is 12.5. The molecule has 1 rings (SSSR count). The lowest BCUT2D eigenvalue weighted by Gasteiger charge is -2.18. The fraction of sp³-hybridized carbons (Fsp3) is 0.267. The second kappa shape index (κ2) is 7.82. The first-order valence-corrected chi connectivity index (χ1v) is 6.36. The van der Waals surface area contributed by atoms with Gasteiger partial charge in [-0.05, 0) is 24.3 Å². The van der Waals surface area contributed by atoms with Crippen LogP contribution in [0.25, 0.3) is 0 Å². The standard InChI is InChI=1S/C15H17NO6/c1-10(17)22-13(9-15(19)20)8-14(18)16(2)11-4-6-12(21-3)7-5-11/h4-7,9H,8H2,1-3H3,(H,19,20). The maximum Gasteiger partial charge on any atom is 0.331 e. The summed E-state index contributed by atoms with van der Waals surface area (Å²) in [5.41, 5.74) is 0.600. The number of carboxylic acids is 1. The third kappa shape index (κ3) is 5.28. The van der Waals surface area contributed by atoms with E-state index in [1.165, 1.54) is 19.1 Å². The minimum atomic E-state index is -1.30. The van der Waals surface area contributed by atoms with Gasteiger partial charge in [-0.25, -0.2) is 4.79 Å². The van der Waals surface area contributed by atoms with Gasteiger partial charge in [-0.2, -0.15) is 0 Å². The van der Waals surface area contributed by atoms with E-state index in [1.807, 2.05) is 0 Å². The number of rotatable bonds is 6. The molecule has 0 heterocycles. The molecule has 0 aliphatic carbocycles. The van der Waals surface area contributed by atoms with Gasteiger partial charge in [0.2, 0.25) is 5.91 Å². The average Bonchev–Trinajstić information content (AvgIpc) is 2.45. The van der Waals surface area contributed by atoms with Gasteiger partial charge >= 0.3 is 11.9 Å². The summed E-state index contributed by atoms with van der Waals surface area (Å²) in [4.78, 5) is 35.1. The van der Waals surface area contributed by atoms with Gasteiger partial charge in [-0.3, -0.25) is 9.59 Å². The number of methoxy groups -OCH3 is 1. The van der Waals surface area contributed by atoms with Crippen LogP contribution in [0.2, 0.25) is 0 Å². The third-order valence-electron chi connectivity index (χ3n) is 2.72. The number of hydrogen-bond donors (Lipinski definition) is 1. The Balaban J connectivity index is 2.83. The van der Waals surface area contributed by atoms with Crippen LogP contribution >= 0.6 is 0 Å². The zero-order chi connectivity index (χ0) is 16.7. The number of carboxylic acid groups (broad SMARTS) is 1. The molecule has 1 aromatic carbocycles. The number of carbonyl (C=O) groups is 3. The molecular weight excluding hydrogens is 290 g/mol. The van der Waals surface area contributed by atoms with E-state index in [2.05, 4.69) is 0 Å². The number of benzene rings is 1. The van der Waals surface area contributed by atoms with E-state index < -0.39 is 17.8 Å². The summed E-state index contributed by atoms with van der Waals surface area (Å²) < 4.78 is 9.75. The monoisotopic (exact) mass is 307 g/mol. The molecule has 0 saturated carbocycles. The molecule has 1 amide bonds. The quantitative estimate of drug-likeness (QED) is 0.487. The lowest BCUT2D eigenvalue weighted by atomic mass is 10.2. The Bertz CT molecular complexity index is 591. The molecule has 7 nitrogen and oxygen atoms in total. The molecule has 118 valence electrons. The fourth-order valence-corrected chi connectivity index (χ4v) is 1.66. The van der Waals surface area contributed by atoms with Crippen LogP contribution in [0.4, 0.5) is 5.69 Å². The highest BCUT2D eigenvalue weighted by molar-refractivity contribution is 5.95. The molecule has 0 aliphatic rings. The number of anilines is 1. The van der Waals surface area contributed by atoms with Crippen LogP contribution in [-0.2, 0) is 19.1 Å². The Morgan fingerprint density at radius 3 is 2.27 bits per heavy atom. The summed E-state index contributed by atoms with van der Waals surface area (Å²) in [6.07, 6.45) is 0.357. The maximum absolute atomic E-state index is 12.1. The minimum Gasteiger partial charge on any atom is -0.497 e. The largest absolute Gasteiger partial charge is 0.497 e. The van der Waals surface area contributed by atoms with Crippen LogP contribution < -0.4 is 9.64 Å². The first-order chi connectivity index (χ1) is 10.3. The normalized spacial score (nSPS) is 10.8. The van der Waals surface area contributed by atoms with Crippen molar-refractivity contribution in [2.45, 2.75) is 13.3 Å². The second-order valence-electron chi connectivity index (χ2n) is 4.37. The number of nitrogens with zero attached hydrogens (tertiary/aromatic N) is 1. The van der Waals surface area contributed by atoms with E-state index >= 15 is 0 Å². The molecule has 0 aliphatic heterocycles. The molecule has 1 aromatic rings. The number of ether oxygens (including phenoxy) is 2. The molecular formula is C15H17NO6. The first-order valence-electron chi connectivity index (χ1n) is 6.36. The molecule has 0 spiro atoms. The minimum absolute atomic E-state index is 0.217. The van der Waals surface area contributed by atoms with E-state index in [-0.39, 0.29) is 12.2 Å². The number of hydrogen-bond acceptors (Lipinski definition) is 5. The van der Waals surface area contributed by atoms with Gasteiger partial charge in [0.25, 0.3) is 0 Å². The number of amides is 1. The van der Waals surface area contributed by atoms with E-state index in [0.29, 0.717) is 17.5 Å². The van der Waals surface area contributed by atoms with Crippen LogP contribution in [0.1, 0.15) is 13.3 Å². The Kier molecular flexibility index (Phi) is 6.12. The Hall–Kier alpha value is -2.83. The van der Waals surface area contributed by atoms with Crippen LogP contribution in [0.15, 0.2) is 36.1 Å². The molecule has 1 N–H and O–H groups in total. The number of esters is 1. The summed E-state index contributed by atoms with van der Waals surface area (Å²) in [6, 6.07) is 6.75. The number of aliphatic carboxylic acids is 1. The third-order valence-corrected chi connectivity index (χ3v) is 2.72.